The van der Waals surface area contributed by atoms with Crippen LogP contribution in [0.25, 0.3) is 0 Å². The monoisotopic (exact) mass is 262 g/mol. The molecule has 1 atom stereocenters. The summed E-state index contributed by atoms with van der Waals surface area (Å²) in [5.41, 5.74) is 0.852. The highest BCUT2D eigenvalue weighted by Gasteiger charge is 2.05. The second-order valence-corrected chi connectivity index (χ2v) is 5.41. The predicted octanol–water partition coefficient (Wildman–Crippen LogP) is 2.88. The van der Waals surface area contributed by atoms with Gasteiger partial charge in [0.05, 0.1) is 6.10 Å². The highest BCUT2D eigenvalue weighted by atomic mass is 32.1. The summed E-state index contributed by atoms with van der Waals surface area (Å²) in [6.45, 7) is 2.69. The van der Waals surface area contributed by atoms with Crippen LogP contribution in [0.4, 0.5) is 5.82 Å². The molecule has 0 aliphatic carbocycles. The Balaban J connectivity index is 1.94. The number of aromatic nitrogens is 1. The van der Waals surface area contributed by atoms with Gasteiger partial charge in [0.15, 0.2) is 0 Å². The Bertz CT molecular complexity index is 465. The van der Waals surface area contributed by atoms with Gasteiger partial charge in [0.1, 0.15) is 5.82 Å². The minimum absolute atomic E-state index is 0.456. The topological polar surface area (TPSA) is 36.4 Å². The van der Waals surface area contributed by atoms with Crippen LogP contribution >= 0.6 is 11.3 Å². The molecule has 0 amide bonds. The Labute approximate surface area is 112 Å². The molecule has 1 unspecified atom stereocenters. The zero-order valence-electron chi connectivity index (χ0n) is 10.7. The van der Waals surface area contributed by atoms with Gasteiger partial charge in [-0.15, -0.1) is 11.3 Å². The van der Waals surface area contributed by atoms with Crippen molar-refractivity contribution >= 4 is 17.2 Å². The minimum atomic E-state index is -0.456. The van der Waals surface area contributed by atoms with E-state index in [-0.39, 0.29) is 0 Å². The maximum absolute atomic E-state index is 9.43. The third-order valence-corrected chi connectivity index (χ3v) is 3.85. The first-order chi connectivity index (χ1) is 8.66. The molecule has 0 radical (unpaired) electrons. The second-order valence-electron chi connectivity index (χ2n) is 4.38. The minimum Gasteiger partial charge on any atom is -0.389 e. The molecule has 0 aliphatic rings. The van der Waals surface area contributed by atoms with E-state index in [4.69, 9.17) is 0 Å². The Morgan fingerprint density at radius 1 is 1.39 bits per heavy atom. The first-order valence-corrected chi connectivity index (χ1v) is 6.92. The molecule has 1 N–H and O–H groups in total. The Kier molecular flexibility index (Phi) is 4.33. The lowest BCUT2D eigenvalue weighted by atomic mass is 10.2. The Morgan fingerprint density at radius 3 is 2.78 bits per heavy atom. The third-order valence-electron chi connectivity index (χ3n) is 2.92. The van der Waals surface area contributed by atoms with Gasteiger partial charge in [-0.3, -0.25) is 0 Å². The number of hydrogen-bond acceptors (Lipinski definition) is 4. The van der Waals surface area contributed by atoms with Gasteiger partial charge in [-0.05, 0) is 36.4 Å². The number of likely N-dealkylation sites (N-methyl/N-ethyl adjacent to an activating group) is 1. The van der Waals surface area contributed by atoms with Crippen LogP contribution in [0.3, 0.4) is 0 Å². The lowest BCUT2D eigenvalue weighted by molar-refractivity contribution is 0.199. The van der Waals surface area contributed by atoms with E-state index < -0.39 is 6.10 Å². The molecule has 2 rings (SSSR count). The highest BCUT2D eigenvalue weighted by Crippen LogP contribution is 2.16. The van der Waals surface area contributed by atoms with Crippen LogP contribution in [0, 0.1) is 0 Å². The lowest BCUT2D eigenvalue weighted by Crippen LogP contribution is -2.21. The number of hydrogen-bond donors (Lipinski definition) is 1. The van der Waals surface area contributed by atoms with E-state index in [1.807, 2.05) is 19.2 Å². The van der Waals surface area contributed by atoms with Gasteiger partial charge < -0.3 is 10.0 Å². The van der Waals surface area contributed by atoms with Crippen molar-refractivity contribution < 1.29 is 5.11 Å². The summed E-state index contributed by atoms with van der Waals surface area (Å²) in [6.07, 6.45) is 2.32. The van der Waals surface area contributed by atoms with E-state index >= 15 is 0 Å². The summed E-state index contributed by atoms with van der Waals surface area (Å²) in [5.74, 6) is 0.941. The van der Waals surface area contributed by atoms with E-state index in [1.165, 1.54) is 4.88 Å². The normalized spacial score (nSPS) is 12.4. The van der Waals surface area contributed by atoms with Crippen molar-refractivity contribution in [3.05, 3.63) is 46.3 Å². The maximum atomic E-state index is 9.43. The van der Waals surface area contributed by atoms with E-state index in [0.29, 0.717) is 0 Å². The molecule has 0 fully saturated rings. The molecule has 0 spiro atoms. The summed E-state index contributed by atoms with van der Waals surface area (Å²) in [6, 6.07) is 8.11. The lowest BCUT2D eigenvalue weighted by Gasteiger charge is -2.18. The average molecular weight is 262 g/mol. The Morgan fingerprint density at radius 2 is 2.22 bits per heavy atom. The summed E-state index contributed by atoms with van der Waals surface area (Å²) in [5, 5.41) is 11.5. The van der Waals surface area contributed by atoms with Crippen molar-refractivity contribution in [2.75, 3.05) is 18.5 Å². The van der Waals surface area contributed by atoms with E-state index in [1.54, 1.807) is 24.5 Å². The van der Waals surface area contributed by atoms with Crippen LogP contribution in [-0.4, -0.2) is 23.7 Å². The number of anilines is 1. The van der Waals surface area contributed by atoms with Gasteiger partial charge in [-0.1, -0.05) is 12.1 Å². The predicted molar refractivity (Wildman–Crippen MR) is 76.2 cm³/mol. The van der Waals surface area contributed by atoms with Gasteiger partial charge in [0.25, 0.3) is 0 Å². The van der Waals surface area contributed by atoms with E-state index in [0.717, 1.165) is 24.3 Å². The third kappa shape index (κ3) is 3.31. The van der Waals surface area contributed by atoms with Crippen molar-refractivity contribution in [2.45, 2.75) is 19.4 Å². The van der Waals surface area contributed by atoms with Crippen molar-refractivity contribution in [3.8, 4) is 0 Å². The van der Waals surface area contributed by atoms with Crippen LogP contribution in [0.15, 0.2) is 35.8 Å². The molecular weight excluding hydrogens is 244 g/mol. The van der Waals surface area contributed by atoms with Crippen LogP contribution in [0.1, 0.15) is 23.5 Å². The van der Waals surface area contributed by atoms with Crippen molar-refractivity contribution in [1.82, 2.24) is 4.98 Å². The average Bonchev–Trinajstić information content (AvgIpc) is 2.89. The van der Waals surface area contributed by atoms with Gasteiger partial charge in [0.2, 0.25) is 0 Å². The SMILES string of the molecule is CC(O)c1ccc(N(C)CCc2cccs2)nc1. The van der Waals surface area contributed by atoms with Crippen molar-refractivity contribution in [1.29, 1.82) is 0 Å². The molecule has 0 saturated heterocycles. The molecule has 4 heteroatoms. The number of aliphatic hydroxyl groups is 1. The van der Waals surface area contributed by atoms with Crippen LogP contribution in [0.2, 0.25) is 0 Å². The molecule has 2 aromatic rings. The fourth-order valence-electron chi connectivity index (χ4n) is 1.72. The molecule has 18 heavy (non-hydrogen) atoms. The summed E-state index contributed by atoms with van der Waals surface area (Å²) in [7, 11) is 2.04. The number of aliphatic hydroxyl groups excluding tert-OH is 1. The molecular formula is C14H18N2OS. The molecule has 0 bridgehead atoms. The van der Waals surface area contributed by atoms with Crippen molar-refractivity contribution in [2.24, 2.45) is 0 Å². The molecule has 2 aromatic heterocycles. The van der Waals surface area contributed by atoms with E-state index in [9.17, 15) is 5.11 Å². The zero-order valence-corrected chi connectivity index (χ0v) is 11.5. The van der Waals surface area contributed by atoms with E-state index in [2.05, 4.69) is 27.4 Å². The Hall–Kier alpha value is -1.39. The summed E-state index contributed by atoms with van der Waals surface area (Å²) >= 11 is 1.79. The fraction of sp³-hybridized carbons (Fsp3) is 0.357. The number of rotatable bonds is 5. The molecule has 2 heterocycles. The summed E-state index contributed by atoms with van der Waals surface area (Å²) < 4.78 is 0. The van der Waals surface area contributed by atoms with Crippen LogP contribution in [0.5, 0.6) is 0 Å². The smallest absolute Gasteiger partial charge is 0.128 e. The molecule has 0 saturated carbocycles. The first-order valence-electron chi connectivity index (χ1n) is 6.04. The van der Waals surface area contributed by atoms with Crippen LogP contribution < -0.4 is 4.90 Å². The number of pyridine rings is 1. The second kappa shape index (κ2) is 5.98. The molecule has 0 aromatic carbocycles. The fourth-order valence-corrected chi connectivity index (χ4v) is 2.42. The number of thiophene rings is 1. The molecule has 96 valence electrons. The van der Waals surface area contributed by atoms with Gasteiger partial charge >= 0.3 is 0 Å². The van der Waals surface area contributed by atoms with Gasteiger partial charge in [-0.2, -0.15) is 0 Å². The standard InChI is InChI=1S/C14H18N2OS/c1-11(17)12-5-6-14(15-10-12)16(2)8-7-13-4-3-9-18-13/h3-6,9-11,17H,7-8H2,1-2H3. The van der Waals surface area contributed by atoms with Crippen molar-refractivity contribution in [3.63, 3.8) is 0 Å². The van der Waals surface area contributed by atoms with Gasteiger partial charge in [-0.25, -0.2) is 4.98 Å². The maximum Gasteiger partial charge on any atom is 0.128 e. The van der Waals surface area contributed by atoms with Gasteiger partial charge in [0, 0.05) is 24.7 Å². The number of nitrogens with zero attached hydrogens (tertiary/aromatic N) is 2. The largest absolute Gasteiger partial charge is 0.389 e. The quantitative estimate of drug-likeness (QED) is 0.900. The highest BCUT2D eigenvalue weighted by molar-refractivity contribution is 7.09. The molecule has 3 nitrogen and oxygen atoms in total. The summed E-state index contributed by atoms with van der Waals surface area (Å²) in [4.78, 5) is 7.89. The first kappa shape index (κ1) is 13.1. The van der Waals surface area contributed by atoms with Crippen LogP contribution in [-0.2, 0) is 6.42 Å². The zero-order chi connectivity index (χ0) is 13.0. The molecule has 0 aliphatic heterocycles.